The van der Waals surface area contributed by atoms with Crippen molar-refractivity contribution in [1.82, 2.24) is 5.32 Å². The van der Waals surface area contributed by atoms with E-state index in [1.54, 1.807) is 11.3 Å². The molecule has 0 radical (unpaired) electrons. The lowest BCUT2D eigenvalue weighted by Crippen LogP contribution is -2.43. The molecule has 0 spiro atoms. The molecule has 0 unspecified atom stereocenters. The number of carbonyl (C=O) groups is 3. The number of hydrogen-bond donors (Lipinski definition) is 1. The zero-order chi connectivity index (χ0) is 22.2. The van der Waals surface area contributed by atoms with E-state index in [0.29, 0.717) is 29.7 Å². The summed E-state index contributed by atoms with van der Waals surface area (Å²) < 4.78 is 10.6. The lowest BCUT2D eigenvalue weighted by Gasteiger charge is -2.38. The number of ether oxygens (including phenoxy) is 2. The Hall–Kier alpha value is -2.41. The van der Waals surface area contributed by atoms with Gasteiger partial charge in [-0.05, 0) is 51.7 Å². The van der Waals surface area contributed by atoms with E-state index in [0.717, 1.165) is 15.5 Å². The fraction of sp³-hybridized carbons (Fsp3) is 0.522. The van der Waals surface area contributed by atoms with Crippen molar-refractivity contribution in [2.45, 2.75) is 59.5 Å². The van der Waals surface area contributed by atoms with Gasteiger partial charge in [0.25, 0.3) is 0 Å². The number of rotatable bonds is 5. The third-order valence-corrected chi connectivity index (χ3v) is 6.96. The molecule has 0 saturated heterocycles. The molecule has 2 aliphatic rings. The van der Waals surface area contributed by atoms with E-state index in [1.807, 2.05) is 46.8 Å². The number of Topliss-reactive ketones (excluding diaryl/α,β-unsaturated/α-hetero) is 1. The van der Waals surface area contributed by atoms with Crippen molar-refractivity contribution < 1.29 is 23.9 Å². The van der Waals surface area contributed by atoms with Gasteiger partial charge in [-0.1, -0.05) is 13.8 Å². The Morgan fingerprint density at radius 2 is 2.00 bits per heavy atom. The van der Waals surface area contributed by atoms with E-state index in [1.165, 1.54) is 7.11 Å². The van der Waals surface area contributed by atoms with Crippen LogP contribution in [-0.2, 0) is 23.9 Å². The van der Waals surface area contributed by atoms with Crippen molar-refractivity contribution >= 4 is 29.1 Å². The zero-order valence-electron chi connectivity index (χ0n) is 18.3. The topological polar surface area (TPSA) is 81.7 Å². The first kappa shape index (κ1) is 22.3. The molecule has 4 atom stereocenters. The Balaban J connectivity index is 2.13. The van der Waals surface area contributed by atoms with E-state index < -0.39 is 23.8 Å². The van der Waals surface area contributed by atoms with Crippen molar-refractivity contribution in [2.75, 3.05) is 7.11 Å². The number of esters is 2. The Bertz CT molecular complexity index is 941. The van der Waals surface area contributed by atoms with Crippen molar-refractivity contribution in [2.24, 2.45) is 11.8 Å². The van der Waals surface area contributed by atoms with Gasteiger partial charge in [-0.2, -0.15) is 0 Å². The third kappa shape index (κ3) is 3.95. The average Bonchev–Trinajstić information content (AvgIpc) is 3.12. The highest BCUT2D eigenvalue weighted by Gasteiger charge is 2.47. The molecule has 0 amide bonds. The molecule has 0 fully saturated rings. The van der Waals surface area contributed by atoms with Gasteiger partial charge in [-0.25, -0.2) is 4.79 Å². The summed E-state index contributed by atoms with van der Waals surface area (Å²) in [6.45, 7) is 9.50. The first-order chi connectivity index (χ1) is 14.2. The minimum absolute atomic E-state index is 0.191. The number of aryl methyl sites for hydroxylation is 1. The molecule has 0 saturated carbocycles. The van der Waals surface area contributed by atoms with E-state index in [2.05, 4.69) is 5.32 Å². The summed E-state index contributed by atoms with van der Waals surface area (Å²) in [5, 5.41) is 3.28. The number of nitrogens with one attached hydrogen (secondary N) is 1. The second-order valence-electron chi connectivity index (χ2n) is 8.11. The van der Waals surface area contributed by atoms with Gasteiger partial charge in [-0.3, -0.25) is 9.59 Å². The summed E-state index contributed by atoms with van der Waals surface area (Å²) in [4.78, 5) is 41.1. The van der Waals surface area contributed by atoms with Crippen molar-refractivity contribution in [1.29, 1.82) is 0 Å². The normalized spacial score (nSPS) is 24.9. The summed E-state index contributed by atoms with van der Waals surface area (Å²) in [6, 6.07) is 3.92. The Kier molecular flexibility index (Phi) is 6.50. The number of ketones is 1. The molecular weight excluding hydrogens is 402 g/mol. The summed E-state index contributed by atoms with van der Waals surface area (Å²) >= 11 is 1.54. The molecule has 6 nitrogen and oxygen atoms in total. The maximum Gasteiger partial charge on any atom is 0.337 e. The SMILES string of the molecule is CC[C@H](C)OC(=O)C1=C(C)NC2=C(C(=O)[C@H](C(=O)OC)[C@@H](C)C2)[C@@H]1c1ccc(C)s1. The Morgan fingerprint density at radius 3 is 2.57 bits per heavy atom. The van der Waals surface area contributed by atoms with Crippen LogP contribution < -0.4 is 5.32 Å². The number of carbonyl (C=O) groups excluding carboxylic acids is 3. The minimum atomic E-state index is -0.871. The van der Waals surface area contributed by atoms with Crippen LogP contribution in [0.5, 0.6) is 0 Å². The summed E-state index contributed by atoms with van der Waals surface area (Å²) in [6.07, 6.45) is 0.999. The second kappa shape index (κ2) is 8.76. The highest BCUT2D eigenvalue weighted by atomic mass is 32.1. The van der Waals surface area contributed by atoms with Crippen LogP contribution >= 0.6 is 11.3 Å². The standard InChI is InChI=1S/C23H29NO5S/c1-7-12(3)29-23(27)18-14(5)24-15-10-11(2)17(22(26)28-6)21(25)19(15)20(18)16-9-8-13(4)30-16/h8-9,11-12,17,20,24H,7,10H2,1-6H3/t11-,12-,17+,20+/m0/s1. The predicted molar refractivity (Wildman–Crippen MR) is 115 cm³/mol. The van der Waals surface area contributed by atoms with Crippen molar-refractivity contribution in [3.63, 3.8) is 0 Å². The van der Waals surface area contributed by atoms with Gasteiger partial charge in [0.05, 0.1) is 24.7 Å². The van der Waals surface area contributed by atoms with Crippen LogP contribution in [0, 0.1) is 18.8 Å². The van der Waals surface area contributed by atoms with Gasteiger partial charge in [0.1, 0.15) is 5.92 Å². The lowest BCUT2D eigenvalue weighted by molar-refractivity contribution is -0.151. The van der Waals surface area contributed by atoms with Gasteiger partial charge >= 0.3 is 11.9 Å². The fourth-order valence-corrected chi connectivity index (χ4v) is 5.17. The molecule has 1 aromatic heterocycles. The number of dihydropyridines is 1. The Morgan fingerprint density at radius 1 is 1.30 bits per heavy atom. The molecule has 7 heteroatoms. The van der Waals surface area contributed by atoms with E-state index >= 15 is 0 Å². The summed E-state index contributed by atoms with van der Waals surface area (Å²) in [5.41, 5.74) is 2.38. The maximum absolute atomic E-state index is 13.5. The molecule has 30 heavy (non-hydrogen) atoms. The zero-order valence-corrected chi connectivity index (χ0v) is 19.1. The molecule has 1 N–H and O–H groups in total. The molecule has 1 aliphatic carbocycles. The van der Waals surface area contributed by atoms with Gasteiger partial charge in [0.15, 0.2) is 5.78 Å². The van der Waals surface area contributed by atoms with Crippen LogP contribution in [-0.4, -0.2) is 30.9 Å². The summed E-state index contributed by atoms with van der Waals surface area (Å²) in [5.74, 6) is -2.86. The Labute approximate surface area is 181 Å². The van der Waals surface area contributed by atoms with Crippen LogP contribution in [0.1, 0.15) is 56.2 Å². The number of allylic oxidation sites excluding steroid dienone is 3. The van der Waals surface area contributed by atoms with Gasteiger partial charge in [-0.15, -0.1) is 11.3 Å². The van der Waals surface area contributed by atoms with Gasteiger partial charge in [0.2, 0.25) is 0 Å². The van der Waals surface area contributed by atoms with Crippen LogP contribution in [0.15, 0.2) is 34.7 Å². The van der Waals surface area contributed by atoms with Crippen LogP contribution in [0.4, 0.5) is 0 Å². The van der Waals surface area contributed by atoms with E-state index in [-0.39, 0.29) is 17.8 Å². The van der Waals surface area contributed by atoms with E-state index in [9.17, 15) is 14.4 Å². The smallest absolute Gasteiger partial charge is 0.337 e. The average molecular weight is 432 g/mol. The van der Waals surface area contributed by atoms with Gasteiger partial charge in [0, 0.05) is 26.7 Å². The molecule has 162 valence electrons. The summed E-state index contributed by atoms with van der Waals surface area (Å²) in [7, 11) is 1.30. The molecule has 1 aliphatic heterocycles. The van der Waals surface area contributed by atoms with Crippen LogP contribution in [0.3, 0.4) is 0 Å². The first-order valence-electron chi connectivity index (χ1n) is 10.3. The van der Waals surface area contributed by atoms with E-state index in [4.69, 9.17) is 9.47 Å². The van der Waals surface area contributed by atoms with Crippen LogP contribution in [0.2, 0.25) is 0 Å². The number of thiophene rings is 1. The molecule has 3 rings (SSSR count). The fourth-order valence-electron chi connectivity index (χ4n) is 4.17. The van der Waals surface area contributed by atoms with Crippen LogP contribution in [0.25, 0.3) is 0 Å². The molecule has 2 heterocycles. The lowest BCUT2D eigenvalue weighted by atomic mass is 9.70. The molecular formula is C23H29NO5S. The van der Waals surface area contributed by atoms with Crippen molar-refractivity contribution in [3.8, 4) is 0 Å². The highest BCUT2D eigenvalue weighted by Crippen LogP contribution is 2.47. The molecule has 0 aromatic carbocycles. The third-order valence-electron chi connectivity index (χ3n) is 5.89. The quantitative estimate of drug-likeness (QED) is 0.560. The van der Waals surface area contributed by atoms with Gasteiger partial charge < -0.3 is 14.8 Å². The predicted octanol–water partition coefficient (Wildman–Crippen LogP) is 4.01. The monoisotopic (exact) mass is 431 g/mol. The number of methoxy groups -OCH3 is 1. The first-order valence-corrected chi connectivity index (χ1v) is 11.1. The second-order valence-corrected chi connectivity index (χ2v) is 9.43. The number of hydrogen-bond acceptors (Lipinski definition) is 7. The molecule has 0 bridgehead atoms. The highest BCUT2D eigenvalue weighted by molar-refractivity contribution is 7.12. The molecule has 1 aromatic rings. The largest absolute Gasteiger partial charge is 0.468 e. The maximum atomic E-state index is 13.5. The van der Waals surface area contributed by atoms with Crippen molar-refractivity contribution in [3.05, 3.63) is 44.4 Å². The minimum Gasteiger partial charge on any atom is -0.468 e.